The molecule has 0 atom stereocenters. The van der Waals surface area contributed by atoms with Crippen LogP contribution in [0.1, 0.15) is 33.4 Å². The summed E-state index contributed by atoms with van der Waals surface area (Å²) < 4.78 is 0. The average Bonchev–Trinajstić information content (AvgIpc) is 3.23. The maximum atomic E-state index is 9.91. The minimum absolute atomic E-state index is 0.0632. The van der Waals surface area contributed by atoms with Crippen LogP contribution in [-0.2, 0) is 26.4 Å². The Labute approximate surface area is 322 Å². The molecule has 7 aromatic carbocycles. The monoisotopic (exact) mass is 727 g/mol. The molecule has 0 amide bonds. The van der Waals surface area contributed by atoms with Crippen LogP contribution in [0.15, 0.2) is 164 Å². The van der Waals surface area contributed by atoms with E-state index < -0.39 is 0 Å². The first kappa shape index (κ1) is 37.1. The summed E-state index contributed by atoms with van der Waals surface area (Å²) in [6.45, 7) is 3.92. The molecule has 0 aromatic heterocycles. The van der Waals surface area contributed by atoms with Crippen LogP contribution in [0, 0.1) is 13.8 Å². The predicted octanol–water partition coefficient (Wildman–Crippen LogP) is 10.7. The number of anilines is 9. The molecule has 0 saturated carbocycles. The molecule has 7 rings (SSSR count). The molecule has 4 N–H and O–H groups in total. The van der Waals surface area contributed by atoms with Gasteiger partial charge >= 0.3 is 0 Å². The molecule has 0 aliphatic carbocycles. The Kier molecular flexibility index (Phi) is 11.4. The van der Waals surface area contributed by atoms with Gasteiger partial charge in [-0.25, -0.2) is 0 Å². The molecule has 0 heterocycles. The summed E-state index contributed by atoms with van der Waals surface area (Å²) in [4.78, 5) is 6.62. The Morgan fingerprint density at radius 3 is 0.636 bits per heavy atom. The van der Waals surface area contributed by atoms with Crippen LogP contribution < -0.4 is 14.7 Å². The van der Waals surface area contributed by atoms with Crippen LogP contribution in [0.4, 0.5) is 51.2 Å². The lowest BCUT2D eigenvalue weighted by atomic mass is 10.1. The lowest BCUT2D eigenvalue weighted by Gasteiger charge is -2.33. The summed E-state index contributed by atoms with van der Waals surface area (Å²) in [6.07, 6.45) is 0. The highest BCUT2D eigenvalue weighted by Gasteiger charge is 2.22. The highest BCUT2D eigenvalue weighted by atomic mass is 16.3. The van der Waals surface area contributed by atoms with Crippen molar-refractivity contribution in [2.24, 2.45) is 0 Å². The van der Waals surface area contributed by atoms with Crippen molar-refractivity contribution in [3.8, 4) is 0 Å². The smallest absolute Gasteiger partial charge is 0.0681 e. The van der Waals surface area contributed by atoms with Crippen LogP contribution in [0.3, 0.4) is 0 Å². The number of nitrogens with zero attached hydrogens (tertiary/aromatic N) is 3. The summed E-state index contributed by atoms with van der Waals surface area (Å²) in [6, 6.07) is 55.1. The maximum absolute atomic E-state index is 9.91. The van der Waals surface area contributed by atoms with Crippen LogP contribution in [0.5, 0.6) is 0 Å². The Morgan fingerprint density at radius 1 is 0.273 bits per heavy atom. The number of aliphatic hydroxyl groups is 4. The van der Waals surface area contributed by atoms with Crippen molar-refractivity contribution >= 4 is 51.2 Å². The van der Waals surface area contributed by atoms with E-state index in [4.69, 9.17) is 0 Å². The Balaban J connectivity index is 1.53. The lowest BCUT2D eigenvalue weighted by Crippen LogP contribution is -2.16. The number of aryl methyl sites for hydroxylation is 2. The van der Waals surface area contributed by atoms with Gasteiger partial charge in [0, 0.05) is 34.1 Å². The Bertz CT molecular complexity index is 2050. The molecule has 55 heavy (non-hydrogen) atoms. The van der Waals surface area contributed by atoms with Crippen molar-refractivity contribution in [3.63, 3.8) is 0 Å². The number of hydrogen-bond donors (Lipinski definition) is 4. The van der Waals surface area contributed by atoms with E-state index in [9.17, 15) is 20.4 Å². The molecule has 0 saturated heterocycles. The van der Waals surface area contributed by atoms with Gasteiger partial charge in [0.05, 0.1) is 43.5 Å². The molecule has 7 aromatic rings. The van der Waals surface area contributed by atoms with E-state index in [1.165, 1.54) is 0 Å². The maximum Gasteiger partial charge on any atom is 0.0681 e. The fourth-order valence-electron chi connectivity index (χ4n) is 6.70. The van der Waals surface area contributed by atoms with Gasteiger partial charge in [-0.3, -0.25) is 0 Å². The van der Waals surface area contributed by atoms with E-state index in [-0.39, 0.29) is 26.4 Å². The van der Waals surface area contributed by atoms with Gasteiger partial charge in [0.1, 0.15) is 0 Å². The van der Waals surface area contributed by atoms with Crippen molar-refractivity contribution in [1.29, 1.82) is 0 Å². The molecule has 0 unspecified atom stereocenters. The average molecular weight is 728 g/mol. The zero-order valence-electron chi connectivity index (χ0n) is 31.0. The predicted molar refractivity (Wildman–Crippen MR) is 224 cm³/mol. The first-order valence-electron chi connectivity index (χ1n) is 18.4. The third kappa shape index (κ3) is 8.31. The number of benzene rings is 7. The summed E-state index contributed by atoms with van der Waals surface area (Å²) in [7, 11) is 0. The van der Waals surface area contributed by atoms with Crippen LogP contribution >= 0.6 is 0 Å². The number of aliphatic hydroxyl groups excluding tert-OH is 4. The second-order valence-electron chi connectivity index (χ2n) is 13.7. The molecular weight excluding hydrogens is 683 g/mol. The fraction of sp³-hybridized carbons (Fsp3) is 0.125. The van der Waals surface area contributed by atoms with Gasteiger partial charge in [-0.05, 0) is 127 Å². The molecule has 7 nitrogen and oxygen atoms in total. The third-order valence-electron chi connectivity index (χ3n) is 9.75. The summed E-state index contributed by atoms with van der Waals surface area (Å²) in [5.41, 5.74) is 13.8. The number of hydrogen-bond acceptors (Lipinski definition) is 7. The second-order valence-corrected chi connectivity index (χ2v) is 13.7. The molecule has 7 heteroatoms. The third-order valence-corrected chi connectivity index (χ3v) is 9.75. The second kappa shape index (κ2) is 16.8. The summed E-state index contributed by atoms with van der Waals surface area (Å²) >= 11 is 0. The van der Waals surface area contributed by atoms with Crippen molar-refractivity contribution < 1.29 is 20.4 Å². The van der Waals surface area contributed by atoms with E-state index in [0.717, 1.165) is 84.6 Å². The molecule has 0 bridgehead atoms. The van der Waals surface area contributed by atoms with Crippen LogP contribution in [-0.4, -0.2) is 20.4 Å². The topological polar surface area (TPSA) is 90.6 Å². The largest absolute Gasteiger partial charge is 0.392 e. The van der Waals surface area contributed by atoms with Gasteiger partial charge in [0.15, 0.2) is 0 Å². The zero-order chi connectivity index (χ0) is 38.3. The molecule has 0 aliphatic rings. The van der Waals surface area contributed by atoms with Crippen LogP contribution in [0.2, 0.25) is 0 Å². The van der Waals surface area contributed by atoms with Gasteiger partial charge in [-0.2, -0.15) is 0 Å². The minimum atomic E-state index is -0.0632. The molecule has 0 fully saturated rings. The van der Waals surface area contributed by atoms with E-state index >= 15 is 0 Å². The van der Waals surface area contributed by atoms with E-state index in [2.05, 4.69) is 95.3 Å². The highest BCUT2D eigenvalue weighted by molar-refractivity contribution is 5.89. The van der Waals surface area contributed by atoms with Crippen molar-refractivity contribution in [2.45, 2.75) is 40.3 Å². The van der Waals surface area contributed by atoms with E-state index in [1.807, 2.05) is 97.1 Å². The van der Waals surface area contributed by atoms with E-state index in [1.54, 1.807) is 0 Å². The molecule has 0 spiro atoms. The van der Waals surface area contributed by atoms with Crippen LogP contribution in [0.25, 0.3) is 0 Å². The summed E-state index contributed by atoms with van der Waals surface area (Å²) in [5.74, 6) is 0. The Morgan fingerprint density at radius 2 is 0.455 bits per heavy atom. The lowest BCUT2D eigenvalue weighted by molar-refractivity contribution is 0.281. The Hall–Kier alpha value is -6.22. The van der Waals surface area contributed by atoms with Gasteiger partial charge in [-0.1, -0.05) is 83.9 Å². The van der Waals surface area contributed by atoms with Crippen molar-refractivity contribution in [1.82, 2.24) is 0 Å². The van der Waals surface area contributed by atoms with Crippen molar-refractivity contribution in [2.75, 3.05) is 14.7 Å². The number of rotatable bonds is 13. The standard InChI is InChI=1S/C48H45N3O4/c1-34-3-15-40(16-4-34)49(41-17-5-35(2)6-18-41)46-27-47(50(42-19-7-36(30-52)8-20-42)43-21-9-37(31-53)10-22-43)29-48(28-46)51(44-23-11-38(32-54)12-24-44)45-25-13-39(33-55)14-26-45/h3-29,52-55H,30-33H2,1-2H3. The van der Waals surface area contributed by atoms with Gasteiger partial charge in [-0.15, -0.1) is 0 Å². The minimum Gasteiger partial charge on any atom is -0.392 e. The molecule has 0 radical (unpaired) electrons. The molecule has 0 aliphatic heterocycles. The van der Waals surface area contributed by atoms with Gasteiger partial charge < -0.3 is 35.1 Å². The first-order chi connectivity index (χ1) is 26.9. The summed E-state index contributed by atoms with van der Waals surface area (Å²) in [5, 5.41) is 39.6. The normalized spacial score (nSPS) is 11.0. The first-order valence-corrected chi connectivity index (χ1v) is 18.4. The molecule has 276 valence electrons. The van der Waals surface area contributed by atoms with Gasteiger partial charge in [0.2, 0.25) is 0 Å². The zero-order valence-corrected chi connectivity index (χ0v) is 31.0. The highest BCUT2D eigenvalue weighted by Crippen LogP contribution is 2.46. The quantitative estimate of drug-likeness (QED) is 0.0940. The van der Waals surface area contributed by atoms with Gasteiger partial charge in [0.25, 0.3) is 0 Å². The fourth-order valence-corrected chi connectivity index (χ4v) is 6.70. The molecular formula is C48H45N3O4. The SMILES string of the molecule is Cc1ccc(N(c2ccc(C)cc2)c2cc(N(c3ccc(CO)cc3)c3ccc(CO)cc3)cc(N(c3ccc(CO)cc3)c3ccc(CO)cc3)c2)cc1. The van der Waals surface area contributed by atoms with Crippen molar-refractivity contribution in [3.05, 3.63) is 197 Å². The van der Waals surface area contributed by atoms with E-state index in [0.29, 0.717) is 0 Å².